The molecule has 1 rings (SSSR count). The van der Waals surface area contributed by atoms with Crippen LogP contribution in [0.4, 0.5) is 5.69 Å². The fraction of sp³-hybridized carbons (Fsp3) is 0.429. The van der Waals surface area contributed by atoms with E-state index in [0.717, 1.165) is 5.69 Å². The van der Waals surface area contributed by atoms with Crippen LogP contribution in [0.15, 0.2) is 12.4 Å². The quantitative estimate of drug-likeness (QED) is 0.652. The van der Waals surface area contributed by atoms with Crippen LogP contribution in [-0.2, 0) is 16.1 Å². The highest BCUT2D eigenvalue weighted by Gasteiger charge is 2.02. The minimum atomic E-state index is -0.305. The first kappa shape index (κ1) is 8.58. The monoisotopic (exact) mass is 169 g/mol. The van der Waals surface area contributed by atoms with E-state index >= 15 is 0 Å². The van der Waals surface area contributed by atoms with Gasteiger partial charge in [-0.3, -0.25) is 9.48 Å². The number of carbonyl (C=O) groups is 1. The fourth-order valence-electron chi connectivity index (χ4n) is 0.776. The van der Waals surface area contributed by atoms with E-state index < -0.39 is 0 Å². The summed E-state index contributed by atoms with van der Waals surface area (Å²) in [7, 11) is 3.14. The van der Waals surface area contributed by atoms with Crippen LogP contribution in [0.2, 0.25) is 0 Å². The van der Waals surface area contributed by atoms with Crippen LogP contribution < -0.4 is 5.32 Å². The number of nitrogens with zero attached hydrogens (tertiary/aromatic N) is 2. The molecule has 0 aliphatic heterocycles. The van der Waals surface area contributed by atoms with Crippen molar-refractivity contribution in [2.75, 3.05) is 19.5 Å². The Hall–Kier alpha value is -1.52. The summed E-state index contributed by atoms with van der Waals surface area (Å²) in [6.07, 6.45) is 3.37. The summed E-state index contributed by atoms with van der Waals surface area (Å²) in [6, 6.07) is 0. The molecule has 1 N–H and O–H groups in total. The summed E-state index contributed by atoms with van der Waals surface area (Å²) >= 11 is 0. The second-order valence-corrected chi connectivity index (χ2v) is 2.25. The van der Waals surface area contributed by atoms with Crippen LogP contribution in [0.3, 0.4) is 0 Å². The van der Waals surface area contributed by atoms with E-state index in [1.807, 2.05) is 0 Å². The number of nitrogens with one attached hydrogen (secondary N) is 1. The van der Waals surface area contributed by atoms with Gasteiger partial charge in [-0.25, -0.2) is 0 Å². The van der Waals surface area contributed by atoms with Gasteiger partial charge in [0.2, 0.25) is 0 Å². The smallest absolute Gasteiger partial charge is 0.327 e. The van der Waals surface area contributed by atoms with Crippen molar-refractivity contribution in [2.45, 2.75) is 6.54 Å². The standard InChI is InChI=1S/C7H11N3O2/c1-8-6-3-9-10(4-6)5-7(11)12-2/h3-4,8H,5H2,1-2H3. The molecular weight excluding hydrogens is 158 g/mol. The summed E-state index contributed by atoms with van der Waals surface area (Å²) in [5, 5.41) is 6.83. The summed E-state index contributed by atoms with van der Waals surface area (Å²) < 4.78 is 5.99. The first-order chi connectivity index (χ1) is 5.76. The molecule has 0 saturated heterocycles. The van der Waals surface area contributed by atoms with Crippen molar-refractivity contribution in [3.8, 4) is 0 Å². The molecule has 0 radical (unpaired) electrons. The largest absolute Gasteiger partial charge is 0.468 e. The molecule has 66 valence electrons. The normalized spacial score (nSPS) is 9.50. The lowest BCUT2D eigenvalue weighted by Gasteiger charge is -1.97. The van der Waals surface area contributed by atoms with Crippen molar-refractivity contribution >= 4 is 11.7 Å². The maximum absolute atomic E-state index is 10.8. The van der Waals surface area contributed by atoms with Crippen molar-refractivity contribution < 1.29 is 9.53 Å². The molecule has 0 fully saturated rings. The molecule has 0 aromatic carbocycles. The Morgan fingerprint density at radius 3 is 3.08 bits per heavy atom. The Kier molecular flexibility index (Phi) is 2.68. The van der Waals surface area contributed by atoms with E-state index in [9.17, 15) is 4.79 Å². The second kappa shape index (κ2) is 3.75. The van der Waals surface area contributed by atoms with Crippen molar-refractivity contribution in [2.24, 2.45) is 0 Å². The van der Waals surface area contributed by atoms with Crippen molar-refractivity contribution in [1.29, 1.82) is 0 Å². The molecule has 1 aromatic rings. The van der Waals surface area contributed by atoms with Gasteiger partial charge in [-0.15, -0.1) is 0 Å². The summed E-state index contributed by atoms with van der Waals surface area (Å²) in [4.78, 5) is 10.8. The third kappa shape index (κ3) is 1.98. The molecule has 0 unspecified atom stereocenters. The molecule has 0 amide bonds. The van der Waals surface area contributed by atoms with Gasteiger partial charge >= 0.3 is 5.97 Å². The van der Waals surface area contributed by atoms with Crippen LogP contribution in [0.5, 0.6) is 0 Å². The molecule has 12 heavy (non-hydrogen) atoms. The minimum Gasteiger partial charge on any atom is -0.468 e. The van der Waals surface area contributed by atoms with E-state index in [-0.39, 0.29) is 12.5 Å². The zero-order valence-electron chi connectivity index (χ0n) is 7.07. The molecule has 0 aliphatic rings. The summed E-state index contributed by atoms with van der Waals surface area (Å²) in [6.45, 7) is 0.151. The number of esters is 1. The lowest BCUT2D eigenvalue weighted by atomic mass is 10.6. The Morgan fingerprint density at radius 1 is 1.83 bits per heavy atom. The summed E-state index contributed by atoms with van der Waals surface area (Å²) in [5.74, 6) is -0.305. The Labute approximate surface area is 70.3 Å². The highest BCUT2D eigenvalue weighted by molar-refractivity contribution is 5.68. The number of anilines is 1. The van der Waals surface area contributed by atoms with Crippen LogP contribution in [0, 0.1) is 0 Å². The van der Waals surface area contributed by atoms with Gasteiger partial charge < -0.3 is 10.1 Å². The number of hydrogen-bond acceptors (Lipinski definition) is 4. The Balaban J connectivity index is 2.58. The van der Waals surface area contributed by atoms with Gasteiger partial charge in [0.15, 0.2) is 0 Å². The van der Waals surface area contributed by atoms with Gasteiger partial charge in [-0.2, -0.15) is 5.10 Å². The zero-order valence-corrected chi connectivity index (χ0v) is 7.07. The number of aromatic nitrogens is 2. The van der Waals surface area contributed by atoms with Gasteiger partial charge in [-0.05, 0) is 0 Å². The molecule has 0 bridgehead atoms. The molecule has 5 nitrogen and oxygen atoms in total. The average molecular weight is 169 g/mol. The number of rotatable bonds is 3. The second-order valence-electron chi connectivity index (χ2n) is 2.25. The highest BCUT2D eigenvalue weighted by Crippen LogP contribution is 2.02. The maximum atomic E-state index is 10.8. The predicted molar refractivity (Wildman–Crippen MR) is 43.8 cm³/mol. The van der Waals surface area contributed by atoms with Crippen molar-refractivity contribution in [3.05, 3.63) is 12.4 Å². The van der Waals surface area contributed by atoms with Gasteiger partial charge in [0.05, 0.1) is 19.0 Å². The van der Waals surface area contributed by atoms with Crippen LogP contribution in [0.25, 0.3) is 0 Å². The van der Waals surface area contributed by atoms with Gasteiger partial charge in [0.1, 0.15) is 6.54 Å². The van der Waals surface area contributed by atoms with E-state index in [1.165, 1.54) is 11.8 Å². The van der Waals surface area contributed by atoms with Crippen molar-refractivity contribution in [1.82, 2.24) is 9.78 Å². The zero-order chi connectivity index (χ0) is 8.97. The number of methoxy groups -OCH3 is 1. The van der Waals surface area contributed by atoms with E-state index in [2.05, 4.69) is 15.2 Å². The summed E-state index contributed by atoms with van der Waals surface area (Å²) in [5.41, 5.74) is 0.874. The fourth-order valence-corrected chi connectivity index (χ4v) is 0.776. The lowest BCUT2D eigenvalue weighted by Crippen LogP contribution is -2.11. The Morgan fingerprint density at radius 2 is 2.58 bits per heavy atom. The molecule has 0 spiro atoms. The van der Waals surface area contributed by atoms with Crippen LogP contribution in [0.1, 0.15) is 0 Å². The third-order valence-corrected chi connectivity index (χ3v) is 1.44. The average Bonchev–Trinajstić information content (AvgIpc) is 2.52. The van der Waals surface area contributed by atoms with Gasteiger partial charge in [-0.1, -0.05) is 0 Å². The third-order valence-electron chi connectivity index (χ3n) is 1.44. The molecule has 1 heterocycles. The van der Waals surface area contributed by atoms with E-state index in [0.29, 0.717) is 0 Å². The lowest BCUT2D eigenvalue weighted by molar-refractivity contribution is -0.141. The molecule has 1 aromatic heterocycles. The minimum absolute atomic E-state index is 0.151. The van der Waals surface area contributed by atoms with Gasteiger partial charge in [0.25, 0.3) is 0 Å². The molecular formula is C7H11N3O2. The molecule has 0 atom stereocenters. The number of ether oxygens (including phenoxy) is 1. The molecule has 0 aliphatic carbocycles. The molecule has 0 saturated carbocycles. The topological polar surface area (TPSA) is 56.2 Å². The Bertz CT molecular complexity index is 269. The predicted octanol–water partition coefficient (Wildman–Crippen LogP) is 0.0978. The van der Waals surface area contributed by atoms with Crippen LogP contribution in [-0.4, -0.2) is 29.9 Å². The van der Waals surface area contributed by atoms with Gasteiger partial charge in [0, 0.05) is 13.2 Å². The van der Waals surface area contributed by atoms with Crippen molar-refractivity contribution in [3.63, 3.8) is 0 Å². The maximum Gasteiger partial charge on any atom is 0.327 e. The van der Waals surface area contributed by atoms with E-state index in [1.54, 1.807) is 19.4 Å². The first-order valence-corrected chi connectivity index (χ1v) is 3.53. The first-order valence-electron chi connectivity index (χ1n) is 3.53. The highest BCUT2D eigenvalue weighted by atomic mass is 16.5. The number of carbonyl (C=O) groups excluding carboxylic acids is 1. The van der Waals surface area contributed by atoms with Crippen LogP contribution >= 0.6 is 0 Å². The molecule has 5 heteroatoms. The number of hydrogen-bond donors (Lipinski definition) is 1. The van der Waals surface area contributed by atoms with E-state index in [4.69, 9.17) is 0 Å². The SMILES string of the molecule is CNc1cnn(CC(=O)OC)c1.